The molecule has 0 fully saturated rings. The van der Waals surface area contributed by atoms with Crippen LogP contribution in [0.2, 0.25) is 0 Å². The number of hydrogen-bond acceptors (Lipinski definition) is 4. The highest BCUT2D eigenvalue weighted by molar-refractivity contribution is 5.85. The number of nitrogens with zero attached hydrogens (tertiary/aromatic N) is 2. The van der Waals surface area contributed by atoms with E-state index >= 15 is 0 Å². The summed E-state index contributed by atoms with van der Waals surface area (Å²) < 4.78 is 5.63. The molecule has 1 heterocycles. The SMILES string of the molecule is CCCCCCNCc1cccc(Oc2ncccn2)c1.Cl. The molecule has 0 atom stereocenters. The van der Waals surface area contributed by atoms with E-state index in [1.165, 1.54) is 31.2 Å². The summed E-state index contributed by atoms with van der Waals surface area (Å²) in [6.07, 6.45) is 8.48. The molecule has 22 heavy (non-hydrogen) atoms. The van der Waals surface area contributed by atoms with Crippen molar-refractivity contribution in [3.05, 3.63) is 48.3 Å². The minimum atomic E-state index is 0. The number of ether oxygens (including phenoxy) is 1. The van der Waals surface area contributed by atoms with Crippen molar-refractivity contribution in [2.24, 2.45) is 0 Å². The van der Waals surface area contributed by atoms with Crippen LogP contribution in [0.5, 0.6) is 11.8 Å². The number of hydrogen-bond donors (Lipinski definition) is 1. The minimum Gasteiger partial charge on any atom is -0.424 e. The highest BCUT2D eigenvalue weighted by Gasteiger charge is 2.00. The minimum absolute atomic E-state index is 0. The van der Waals surface area contributed by atoms with Crippen molar-refractivity contribution in [2.45, 2.75) is 39.2 Å². The molecule has 0 spiro atoms. The van der Waals surface area contributed by atoms with E-state index in [2.05, 4.69) is 28.3 Å². The number of aromatic nitrogens is 2. The average molecular weight is 322 g/mol. The lowest BCUT2D eigenvalue weighted by Crippen LogP contribution is -2.14. The predicted molar refractivity (Wildman–Crippen MR) is 91.6 cm³/mol. The Labute approximate surface area is 138 Å². The first kappa shape index (κ1) is 18.4. The normalized spacial score (nSPS) is 10.0. The molecule has 0 bridgehead atoms. The van der Waals surface area contributed by atoms with Crippen molar-refractivity contribution in [3.8, 4) is 11.8 Å². The van der Waals surface area contributed by atoms with E-state index in [0.717, 1.165) is 18.8 Å². The first-order valence-corrected chi connectivity index (χ1v) is 7.63. The van der Waals surface area contributed by atoms with Crippen molar-refractivity contribution < 1.29 is 4.74 Å². The van der Waals surface area contributed by atoms with E-state index in [9.17, 15) is 0 Å². The molecule has 5 heteroatoms. The van der Waals surface area contributed by atoms with E-state index in [4.69, 9.17) is 4.74 Å². The van der Waals surface area contributed by atoms with Gasteiger partial charge in [-0.3, -0.25) is 0 Å². The van der Waals surface area contributed by atoms with Crippen LogP contribution in [-0.4, -0.2) is 16.5 Å². The fraction of sp³-hybridized carbons (Fsp3) is 0.412. The molecule has 0 unspecified atom stereocenters. The Morgan fingerprint density at radius 2 is 1.86 bits per heavy atom. The molecule has 0 amide bonds. The van der Waals surface area contributed by atoms with Gasteiger partial charge >= 0.3 is 6.01 Å². The third-order valence-corrected chi connectivity index (χ3v) is 3.19. The largest absolute Gasteiger partial charge is 0.424 e. The topological polar surface area (TPSA) is 47.0 Å². The molecule has 0 aliphatic rings. The third-order valence-electron chi connectivity index (χ3n) is 3.19. The monoisotopic (exact) mass is 321 g/mol. The Hall–Kier alpha value is -1.65. The molecular formula is C17H24ClN3O. The maximum Gasteiger partial charge on any atom is 0.321 e. The van der Waals surface area contributed by atoms with Gasteiger partial charge in [-0.15, -0.1) is 12.4 Å². The van der Waals surface area contributed by atoms with E-state index in [1.807, 2.05) is 18.2 Å². The lowest BCUT2D eigenvalue weighted by atomic mass is 10.2. The van der Waals surface area contributed by atoms with Gasteiger partial charge in [0, 0.05) is 18.9 Å². The first-order chi connectivity index (χ1) is 10.4. The number of nitrogens with one attached hydrogen (secondary N) is 1. The summed E-state index contributed by atoms with van der Waals surface area (Å²) in [5, 5.41) is 3.46. The van der Waals surface area contributed by atoms with Gasteiger partial charge < -0.3 is 10.1 Å². The van der Waals surface area contributed by atoms with Gasteiger partial charge in [0.2, 0.25) is 0 Å². The van der Waals surface area contributed by atoms with Crippen LogP contribution in [0.15, 0.2) is 42.7 Å². The summed E-state index contributed by atoms with van der Waals surface area (Å²) in [5.41, 5.74) is 1.21. The van der Waals surface area contributed by atoms with Crippen molar-refractivity contribution in [2.75, 3.05) is 6.54 Å². The van der Waals surface area contributed by atoms with E-state index in [1.54, 1.807) is 18.5 Å². The van der Waals surface area contributed by atoms with Gasteiger partial charge in [0.15, 0.2) is 0 Å². The summed E-state index contributed by atoms with van der Waals surface area (Å²) in [7, 11) is 0. The van der Waals surface area contributed by atoms with Gasteiger partial charge in [0.25, 0.3) is 0 Å². The Kier molecular flexibility index (Phi) is 9.19. The molecule has 2 aromatic rings. The van der Waals surface area contributed by atoms with Gasteiger partial charge in [-0.25, -0.2) is 9.97 Å². The smallest absolute Gasteiger partial charge is 0.321 e. The molecule has 1 aromatic carbocycles. The van der Waals surface area contributed by atoms with Crippen molar-refractivity contribution in [3.63, 3.8) is 0 Å². The zero-order chi connectivity index (χ0) is 14.8. The second-order valence-corrected chi connectivity index (χ2v) is 5.02. The zero-order valence-electron chi connectivity index (χ0n) is 13.0. The molecule has 0 saturated carbocycles. The van der Waals surface area contributed by atoms with Crippen molar-refractivity contribution in [1.29, 1.82) is 0 Å². The van der Waals surface area contributed by atoms with Crippen LogP contribution in [-0.2, 0) is 6.54 Å². The van der Waals surface area contributed by atoms with Crippen LogP contribution in [0.25, 0.3) is 0 Å². The van der Waals surface area contributed by atoms with Crippen LogP contribution in [0.4, 0.5) is 0 Å². The van der Waals surface area contributed by atoms with Gasteiger partial charge in [-0.05, 0) is 36.7 Å². The molecule has 0 aliphatic heterocycles. The number of unbranched alkanes of at least 4 members (excludes halogenated alkanes) is 3. The van der Waals surface area contributed by atoms with Gasteiger partial charge in [-0.1, -0.05) is 38.3 Å². The predicted octanol–water partition coefficient (Wildman–Crippen LogP) is 4.36. The Balaban J connectivity index is 0.00000242. The van der Waals surface area contributed by atoms with Crippen LogP contribution >= 0.6 is 12.4 Å². The standard InChI is InChI=1S/C17H23N3O.ClH/c1-2-3-4-5-10-18-14-15-8-6-9-16(13-15)21-17-19-11-7-12-20-17;/h6-9,11-13,18H,2-5,10,14H2,1H3;1H. The number of halogens is 1. The lowest BCUT2D eigenvalue weighted by molar-refractivity contribution is 0.441. The van der Waals surface area contributed by atoms with Crippen LogP contribution in [0.1, 0.15) is 38.2 Å². The highest BCUT2D eigenvalue weighted by atomic mass is 35.5. The molecule has 0 radical (unpaired) electrons. The molecule has 2 rings (SSSR count). The molecule has 0 aliphatic carbocycles. The van der Waals surface area contributed by atoms with Crippen LogP contribution in [0, 0.1) is 0 Å². The second-order valence-electron chi connectivity index (χ2n) is 5.02. The quantitative estimate of drug-likeness (QED) is 0.697. The Morgan fingerprint density at radius 3 is 2.64 bits per heavy atom. The van der Waals surface area contributed by atoms with Crippen molar-refractivity contribution >= 4 is 12.4 Å². The summed E-state index contributed by atoms with van der Waals surface area (Å²) in [4.78, 5) is 8.12. The molecular weight excluding hydrogens is 298 g/mol. The Bertz CT molecular complexity index is 522. The van der Waals surface area contributed by atoms with Crippen LogP contribution < -0.4 is 10.1 Å². The fourth-order valence-corrected chi connectivity index (χ4v) is 2.07. The summed E-state index contributed by atoms with van der Waals surface area (Å²) in [5.74, 6) is 0.770. The molecule has 4 nitrogen and oxygen atoms in total. The zero-order valence-corrected chi connectivity index (χ0v) is 13.8. The average Bonchev–Trinajstić information content (AvgIpc) is 2.52. The van der Waals surface area contributed by atoms with Crippen molar-refractivity contribution in [1.82, 2.24) is 15.3 Å². The molecule has 1 N–H and O–H groups in total. The molecule has 1 aromatic heterocycles. The summed E-state index contributed by atoms with van der Waals surface area (Å²) in [6.45, 7) is 4.15. The van der Waals surface area contributed by atoms with Gasteiger partial charge in [0.05, 0.1) is 0 Å². The Morgan fingerprint density at radius 1 is 1.05 bits per heavy atom. The maximum absolute atomic E-state index is 5.63. The summed E-state index contributed by atoms with van der Waals surface area (Å²) >= 11 is 0. The second kappa shape index (κ2) is 11.0. The number of benzene rings is 1. The summed E-state index contributed by atoms with van der Waals surface area (Å²) in [6, 6.07) is 10.2. The molecule has 0 saturated heterocycles. The third kappa shape index (κ3) is 6.87. The van der Waals surface area contributed by atoms with E-state index < -0.39 is 0 Å². The van der Waals surface area contributed by atoms with Gasteiger partial charge in [-0.2, -0.15) is 0 Å². The lowest BCUT2D eigenvalue weighted by Gasteiger charge is -2.07. The van der Waals surface area contributed by atoms with E-state index in [-0.39, 0.29) is 12.4 Å². The highest BCUT2D eigenvalue weighted by Crippen LogP contribution is 2.18. The molecule has 120 valence electrons. The van der Waals surface area contributed by atoms with Crippen LogP contribution in [0.3, 0.4) is 0 Å². The van der Waals surface area contributed by atoms with E-state index in [0.29, 0.717) is 6.01 Å². The van der Waals surface area contributed by atoms with Gasteiger partial charge in [0.1, 0.15) is 5.75 Å². The number of rotatable bonds is 9. The first-order valence-electron chi connectivity index (χ1n) is 7.63. The maximum atomic E-state index is 5.63. The fourth-order valence-electron chi connectivity index (χ4n) is 2.07.